The normalized spacial score (nSPS) is 11.8. The van der Waals surface area contributed by atoms with E-state index >= 15 is 0 Å². The molecule has 0 aliphatic carbocycles. The van der Waals surface area contributed by atoms with Crippen LogP contribution in [0.5, 0.6) is 0 Å². The zero-order valence-corrected chi connectivity index (χ0v) is 14.5. The molecular formula is C19H23FN2O2. The summed E-state index contributed by atoms with van der Waals surface area (Å²) in [5.41, 5.74) is 3.13. The lowest BCUT2D eigenvalue weighted by Gasteiger charge is -2.13. The van der Waals surface area contributed by atoms with E-state index in [0.29, 0.717) is 18.5 Å². The largest absolute Gasteiger partial charge is 0.361 e. The maximum Gasteiger partial charge on any atom is 0.244 e. The average Bonchev–Trinajstić information content (AvgIpc) is 2.93. The minimum absolute atomic E-state index is 0.152. The Labute approximate surface area is 141 Å². The molecule has 0 spiro atoms. The average molecular weight is 330 g/mol. The fraction of sp³-hybridized carbons (Fsp3) is 0.368. The maximum absolute atomic E-state index is 13.4. The standard InChI is InChI=1S/C19H23FN2O2/c1-12(2)17(15-5-6-18(20)13(3)9-15)11-19(23)21-8-7-16-10-14(4)24-22-16/h5-6,9-12H,7-8H2,1-4H3,(H,21,23)/b17-11+. The fourth-order valence-electron chi connectivity index (χ4n) is 2.45. The van der Waals surface area contributed by atoms with Crippen molar-refractivity contribution in [2.45, 2.75) is 34.1 Å². The van der Waals surface area contributed by atoms with Gasteiger partial charge in [-0.1, -0.05) is 25.1 Å². The summed E-state index contributed by atoms with van der Waals surface area (Å²) in [6.07, 6.45) is 2.20. The molecule has 0 bridgehead atoms. The molecule has 1 N–H and O–H groups in total. The SMILES string of the molecule is Cc1cc(CCNC(=O)/C=C(/c2ccc(F)c(C)c2)C(C)C)no1. The van der Waals surface area contributed by atoms with Crippen molar-refractivity contribution in [1.29, 1.82) is 0 Å². The van der Waals surface area contributed by atoms with Gasteiger partial charge in [0.15, 0.2) is 0 Å². The Morgan fingerprint density at radius 2 is 2.08 bits per heavy atom. The van der Waals surface area contributed by atoms with Gasteiger partial charge in [-0.15, -0.1) is 0 Å². The molecule has 1 heterocycles. The van der Waals surface area contributed by atoms with Crippen LogP contribution in [0.3, 0.4) is 0 Å². The molecule has 1 aromatic heterocycles. The Bertz CT molecular complexity index is 748. The van der Waals surface area contributed by atoms with Gasteiger partial charge in [-0.3, -0.25) is 4.79 Å². The minimum Gasteiger partial charge on any atom is -0.361 e. The van der Waals surface area contributed by atoms with Crippen LogP contribution in [0.1, 0.15) is 36.4 Å². The van der Waals surface area contributed by atoms with Gasteiger partial charge in [0.05, 0.1) is 5.69 Å². The third-order valence-electron chi connectivity index (χ3n) is 3.76. The van der Waals surface area contributed by atoms with Crippen molar-refractivity contribution in [3.05, 3.63) is 58.7 Å². The molecule has 0 atom stereocenters. The Morgan fingerprint density at radius 3 is 2.67 bits per heavy atom. The van der Waals surface area contributed by atoms with Crippen molar-refractivity contribution in [2.24, 2.45) is 5.92 Å². The number of nitrogens with one attached hydrogen (secondary N) is 1. The highest BCUT2D eigenvalue weighted by molar-refractivity contribution is 5.95. The van der Waals surface area contributed by atoms with Crippen molar-refractivity contribution in [2.75, 3.05) is 6.54 Å². The van der Waals surface area contributed by atoms with E-state index in [4.69, 9.17) is 4.52 Å². The van der Waals surface area contributed by atoms with Gasteiger partial charge in [-0.25, -0.2) is 4.39 Å². The van der Waals surface area contributed by atoms with Gasteiger partial charge < -0.3 is 9.84 Å². The van der Waals surface area contributed by atoms with Gasteiger partial charge >= 0.3 is 0 Å². The summed E-state index contributed by atoms with van der Waals surface area (Å²) in [6.45, 7) is 8.05. The van der Waals surface area contributed by atoms with E-state index in [0.717, 1.165) is 22.6 Å². The van der Waals surface area contributed by atoms with Crippen LogP contribution < -0.4 is 5.32 Å². The van der Waals surface area contributed by atoms with Gasteiger partial charge in [-0.05, 0) is 48.6 Å². The van der Waals surface area contributed by atoms with Gasteiger partial charge in [0, 0.05) is 25.1 Å². The smallest absolute Gasteiger partial charge is 0.244 e. The van der Waals surface area contributed by atoms with E-state index in [-0.39, 0.29) is 17.6 Å². The number of hydrogen-bond donors (Lipinski definition) is 1. The molecule has 128 valence electrons. The van der Waals surface area contributed by atoms with E-state index < -0.39 is 0 Å². The lowest BCUT2D eigenvalue weighted by molar-refractivity contribution is -0.116. The summed E-state index contributed by atoms with van der Waals surface area (Å²) < 4.78 is 18.4. The number of carbonyl (C=O) groups excluding carboxylic acids is 1. The number of benzene rings is 1. The van der Waals surface area contributed by atoms with Crippen molar-refractivity contribution < 1.29 is 13.7 Å². The Kier molecular flexibility index (Phi) is 5.90. The Hall–Kier alpha value is -2.43. The molecule has 0 aliphatic rings. The van der Waals surface area contributed by atoms with Crippen molar-refractivity contribution in [1.82, 2.24) is 10.5 Å². The molecule has 24 heavy (non-hydrogen) atoms. The zero-order chi connectivity index (χ0) is 17.7. The molecule has 5 heteroatoms. The maximum atomic E-state index is 13.4. The number of carbonyl (C=O) groups is 1. The predicted octanol–water partition coefficient (Wildman–Crippen LogP) is 3.83. The third-order valence-corrected chi connectivity index (χ3v) is 3.76. The first-order chi connectivity index (χ1) is 11.4. The highest BCUT2D eigenvalue weighted by Crippen LogP contribution is 2.24. The van der Waals surface area contributed by atoms with Crippen LogP contribution in [0.2, 0.25) is 0 Å². The number of nitrogens with zero attached hydrogens (tertiary/aromatic N) is 1. The highest BCUT2D eigenvalue weighted by Gasteiger charge is 2.11. The molecule has 0 aliphatic heterocycles. The first-order valence-corrected chi connectivity index (χ1v) is 8.05. The Morgan fingerprint density at radius 1 is 1.33 bits per heavy atom. The first-order valence-electron chi connectivity index (χ1n) is 8.05. The van der Waals surface area contributed by atoms with E-state index in [1.165, 1.54) is 6.07 Å². The number of hydrogen-bond acceptors (Lipinski definition) is 3. The van der Waals surface area contributed by atoms with E-state index in [1.54, 1.807) is 25.1 Å². The molecule has 4 nitrogen and oxygen atoms in total. The summed E-state index contributed by atoms with van der Waals surface area (Å²) in [6, 6.07) is 6.76. The number of allylic oxidation sites excluding steroid dienone is 1. The number of halogens is 1. The zero-order valence-electron chi connectivity index (χ0n) is 14.5. The number of aromatic nitrogens is 1. The van der Waals surface area contributed by atoms with Crippen LogP contribution in [-0.4, -0.2) is 17.6 Å². The lowest BCUT2D eigenvalue weighted by atomic mass is 9.93. The second-order valence-electron chi connectivity index (χ2n) is 6.19. The predicted molar refractivity (Wildman–Crippen MR) is 91.9 cm³/mol. The topological polar surface area (TPSA) is 55.1 Å². The van der Waals surface area contributed by atoms with Crippen molar-refractivity contribution in [3.8, 4) is 0 Å². The quantitative estimate of drug-likeness (QED) is 0.819. The van der Waals surface area contributed by atoms with Crippen LogP contribution in [0.4, 0.5) is 4.39 Å². The van der Waals surface area contributed by atoms with Gasteiger partial charge in [0.25, 0.3) is 0 Å². The molecule has 0 saturated heterocycles. The van der Waals surface area contributed by atoms with Gasteiger partial charge in [0.1, 0.15) is 11.6 Å². The second kappa shape index (κ2) is 7.90. The number of aryl methyl sites for hydroxylation is 2. The van der Waals surface area contributed by atoms with Crippen LogP contribution in [0, 0.1) is 25.6 Å². The summed E-state index contributed by atoms with van der Waals surface area (Å²) in [5, 5.41) is 6.74. The third kappa shape index (κ3) is 4.78. The fourth-order valence-corrected chi connectivity index (χ4v) is 2.45. The lowest BCUT2D eigenvalue weighted by Crippen LogP contribution is -2.24. The van der Waals surface area contributed by atoms with Crippen LogP contribution in [0.15, 0.2) is 34.9 Å². The summed E-state index contributed by atoms with van der Waals surface area (Å²) in [7, 11) is 0. The minimum atomic E-state index is -0.241. The monoisotopic (exact) mass is 330 g/mol. The van der Waals surface area contributed by atoms with E-state index in [9.17, 15) is 9.18 Å². The number of amides is 1. The highest BCUT2D eigenvalue weighted by atomic mass is 19.1. The Balaban J connectivity index is 2.03. The molecule has 2 aromatic rings. The molecule has 1 aromatic carbocycles. The van der Waals surface area contributed by atoms with E-state index in [1.807, 2.05) is 26.8 Å². The molecular weight excluding hydrogens is 307 g/mol. The summed E-state index contributed by atoms with van der Waals surface area (Å²) >= 11 is 0. The summed E-state index contributed by atoms with van der Waals surface area (Å²) in [4.78, 5) is 12.2. The molecule has 0 saturated carbocycles. The molecule has 0 unspecified atom stereocenters. The molecule has 2 rings (SSSR count). The van der Waals surface area contributed by atoms with E-state index in [2.05, 4.69) is 10.5 Å². The van der Waals surface area contributed by atoms with Gasteiger partial charge in [-0.2, -0.15) is 0 Å². The summed E-state index contributed by atoms with van der Waals surface area (Å²) in [5.74, 6) is 0.499. The first kappa shape index (κ1) is 17.9. The number of rotatable bonds is 6. The van der Waals surface area contributed by atoms with Crippen LogP contribution in [0.25, 0.3) is 5.57 Å². The van der Waals surface area contributed by atoms with Crippen molar-refractivity contribution >= 4 is 11.5 Å². The molecule has 1 amide bonds. The van der Waals surface area contributed by atoms with Gasteiger partial charge in [0.2, 0.25) is 5.91 Å². The van der Waals surface area contributed by atoms with Crippen LogP contribution in [-0.2, 0) is 11.2 Å². The van der Waals surface area contributed by atoms with Crippen molar-refractivity contribution in [3.63, 3.8) is 0 Å². The molecule has 0 radical (unpaired) electrons. The van der Waals surface area contributed by atoms with Crippen LogP contribution >= 0.6 is 0 Å². The second-order valence-corrected chi connectivity index (χ2v) is 6.19. The molecule has 0 fully saturated rings.